The molecule has 2 aromatic carbocycles. The second-order valence-corrected chi connectivity index (χ2v) is 8.82. The van der Waals surface area contributed by atoms with Crippen molar-refractivity contribution in [2.75, 3.05) is 25.5 Å². The number of halogens is 1. The maximum atomic E-state index is 13.0. The molecule has 1 aliphatic carbocycles. The van der Waals surface area contributed by atoms with Crippen LogP contribution in [0.25, 0.3) is 5.57 Å². The molecular formula is C30H35FN2O3. The Balaban J connectivity index is 0.000000236. The molecule has 0 saturated carbocycles. The lowest BCUT2D eigenvalue weighted by molar-refractivity contribution is -0.136. The molecule has 36 heavy (non-hydrogen) atoms. The molecule has 1 unspecified atom stereocenters. The zero-order valence-corrected chi connectivity index (χ0v) is 21.2. The molecule has 190 valence electrons. The summed E-state index contributed by atoms with van der Waals surface area (Å²) in [5.74, 6) is -1.38. The molecule has 0 spiro atoms. The van der Waals surface area contributed by atoms with Crippen LogP contribution in [-0.4, -0.2) is 41.8 Å². The number of allylic oxidation sites excluding steroid dienone is 6. The number of ether oxygens (including phenoxy) is 1. The van der Waals surface area contributed by atoms with Crippen molar-refractivity contribution >= 4 is 17.2 Å². The Morgan fingerprint density at radius 2 is 1.97 bits per heavy atom. The minimum atomic E-state index is -0.934. The molecule has 2 aliphatic rings. The van der Waals surface area contributed by atoms with E-state index in [1.165, 1.54) is 40.1 Å². The molecule has 0 saturated heterocycles. The highest BCUT2D eigenvalue weighted by molar-refractivity contribution is 5.85. The minimum Gasteiger partial charge on any atom is -0.481 e. The lowest BCUT2D eigenvalue weighted by atomic mass is 9.90. The lowest BCUT2D eigenvalue weighted by Gasteiger charge is -2.36. The fourth-order valence-corrected chi connectivity index (χ4v) is 4.38. The summed E-state index contributed by atoms with van der Waals surface area (Å²) in [5.41, 5.74) is 12.6. The number of aliphatic carboxylic acids is 1. The molecule has 2 bridgehead atoms. The summed E-state index contributed by atoms with van der Waals surface area (Å²) in [7, 11) is 0. The molecule has 1 atom stereocenters. The van der Waals surface area contributed by atoms with Crippen molar-refractivity contribution in [1.29, 1.82) is 0 Å². The number of carboxylic acids is 1. The monoisotopic (exact) mass is 490 g/mol. The predicted molar refractivity (Wildman–Crippen MR) is 144 cm³/mol. The number of rotatable bonds is 8. The van der Waals surface area contributed by atoms with Crippen LogP contribution in [0.5, 0.6) is 0 Å². The predicted octanol–water partition coefficient (Wildman–Crippen LogP) is 5.92. The van der Waals surface area contributed by atoms with Crippen molar-refractivity contribution in [1.82, 2.24) is 4.90 Å². The number of carboxylic acid groups (broad SMARTS) is 1. The van der Waals surface area contributed by atoms with E-state index in [1.807, 2.05) is 6.92 Å². The number of benzene rings is 2. The molecule has 4 rings (SSSR count). The normalized spacial score (nSPS) is 16.3. The highest BCUT2D eigenvalue weighted by atomic mass is 19.1. The molecule has 5 nitrogen and oxygen atoms in total. The number of nitrogen functional groups attached to an aromatic ring is 1. The van der Waals surface area contributed by atoms with Crippen LogP contribution in [-0.2, 0) is 16.0 Å². The quantitative estimate of drug-likeness (QED) is 0.355. The zero-order valence-electron chi connectivity index (χ0n) is 21.2. The first-order valence-corrected chi connectivity index (χ1v) is 12.2. The smallest absolute Gasteiger partial charge is 0.303 e. The molecule has 6 heteroatoms. The first-order valence-electron chi connectivity index (χ1n) is 12.2. The van der Waals surface area contributed by atoms with E-state index in [1.54, 1.807) is 6.07 Å². The zero-order chi connectivity index (χ0) is 26.1. The molecule has 0 fully saturated rings. The van der Waals surface area contributed by atoms with Gasteiger partial charge in [0.2, 0.25) is 0 Å². The number of hydrogen-bond acceptors (Lipinski definition) is 4. The largest absolute Gasteiger partial charge is 0.481 e. The Labute approximate surface area is 213 Å². The Hall–Kier alpha value is -3.64. The summed E-state index contributed by atoms with van der Waals surface area (Å²) in [5, 5.41) is 8.37. The number of nitrogens with zero attached hydrogens (tertiary/aromatic N) is 1. The molecule has 3 N–H and O–H groups in total. The number of nitrogens with two attached hydrogens (primary N) is 1. The van der Waals surface area contributed by atoms with Crippen LogP contribution < -0.4 is 5.73 Å². The first-order chi connectivity index (χ1) is 17.3. The van der Waals surface area contributed by atoms with Crippen molar-refractivity contribution in [3.05, 3.63) is 107 Å². The second-order valence-electron chi connectivity index (χ2n) is 8.82. The van der Waals surface area contributed by atoms with Crippen molar-refractivity contribution < 1.29 is 19.0 Å². The number of fused-ring (bicyclic) bond motifs is 1. The average molecular weight is 491 g/mol. The van der Waals surface area contributed by atoms with Gasteiger partial charge >= 0.3 is 5.97 Å². The van der Waals surface area contributed by atoms with E-state index in [4.69, 9.17) is 15.6 Å². The van der Waals surface area contributed by atoms with Gasteiger partial charge in [-0.15, -0.1) is 0 Å². The van der Waals surface area contributed by atoms with E-state index in [9.17, 15) is 9.18 Å². The van der Waals surface area contributed by atoms with E-state index < -0.39 is 11.8 Å². The van der Waals surface area contributed by atoms with Crippen LogP contribution in [0, 0.1) is 12.7 Å². The third-order valence-electron chi connectivity index (χ3n) is 6.16. The van der Waals surface area contributed by atoms with Gasteiger partial charge in [-0.3, -0.25) is 4.79 Å². The molecule has 1 aliphatic heterocycles. The lowest BCUT2D eigenvalue weighted by Crippen LogP contribution is -2.36. The van der Waals surface area contributed by atoms with Gasteiger partial charge in [0.25, 0.3) is 0 Å². The number of carbonyl (C=O) groups is 1. The van der Waals surface area contributed by atoms with E-state index in [2.05, 4.69) is 73.4 Å². The Morgan fingerprint density at radius 1 is 1.17 bits per heavy atom. The van der Waals surface area contributed by atoms with Crippen LogP contribution in [0.15, 0.2) is 84.1 Å². The van der Waals surface area contributed by atoms with Gasteiger partial charge in [0.1, 0.15) is 5.82 Å². The molecule has 0 amide bonds. The van der Waals surface area contributed by atoms with Gasteiger partial charge in [-0.05, 0) is 56.0 Å². The average Bonchev–Trinajstić information content (AvgIpc) is 3.04. The van der Waals surface area contributed by atoms with E-state index in [-0.39, 0.29) is 12.8 Å². The maximum Gasteiger partial charge on any atom is 0.303 e. The van der Waals surface area contributed by atoms with Crippen molar-refractivity contribution in [2.45, 2.75) is 39.7 Å². The Kier molecular flexibility index (Phi) is 9.65. The van der Waals surface area contributed by atoms with Gasteiger partial charge in [0.05, 0.1) is 12.6 Å². The van der Waals surface area contributed by atoms with Gasteiger partial charge in [-0.25, -0.2) is 4.39 Å². The summed E-state index contributed by atoms with van der Waals surface area (Å²) in [6.07, 6.45) is 11.2. The Morgan fingerprint density at radius 3 is 2.67 bits per heavy atom. The third-order valence-corrected chi connectivity index (χ3v) is 6.16. The summed E-state index contributed by atoms with van der Waals surface area (Å²) >= 11 is 0. The molecule has 2 aromatic rings. The van der Waals surface area contributed by atoms with Crippen LogP contribution >= 0.6 is 0 Å². The Bertz CT molecular complexity index is 1200. The summed E-state index contributed by atoms with van der Waals surface area (Å²) in [6, 6.07) is 13.3. The number of anilines is 1. The van der Waals surface area contributed by atoms with Gasteiger partial charge in [0, 0.05) is 36.5 Å². The summed E-state index contributed by atoms with van der Waals surface area (Å²) < 4.78 is 18.6. The highest BCUT2D eigenvalue weighted by Crippen LogP contribution is 2.36. The van der Waals surface area contributed by atoms with Gasteiger partial charge < -0.3 is 20.5 Å². The second kappa shape index (κ2) is 12.9. The van der Waals surface area contributed by atoms with Crippen LogP contribution in [0.4, 0.5) is 10.1 Å². The maximum absolute atomic E-state index is 13.0. The summed E-state index contributed by atoms with van der Waals surface area (Å²) in [4.78, 5) is 12.6. The van der Waals surface area contributed by atoms with Crippen molar-refractivity contribution in [3.63, 3.8) is 0 Å². The fourth-order valence-electron chi connectivity index (χ4n) is 4.38. The standard InChI is InChI=1S/C21H25NO.C9H10FNO2/c1-4-23-13-12-22-17(3)21(18-10-7-8-16(2)14-18)19-9-5-6-11-20(22)15-19;10-8-5-7(11)3-1-6(8)2-4-9(12)13/h5-11,14-15,20H,4,12-13H2,1-3H3;1,3,5H,2,4,11H2,(H,12,13). The van der Waals surface area contributed by atoms with E-state index in [0.29, 0.717) is 17.3 Å². The highest BCUT2D eigenvalue weighted by Gasteiger charge is 2.25. The van der Waals surface area contributed by atoms with Crippen LogP contribution in [0.2, 0.25) is 0 Å². The SMILES string of the molecule is CCOCCN1C(C)=C(c2cccc(C)c2)C2=CC1C=CC=C2.Nc1ccc(CCC(=O)O)c(F)c1. The molecule has 1 heterocycles. The van der Waals surface area contributed by atoms with E-state index in [0.717, 1.165) is 19.8 Å². The van der Waals surface area contributed by atoms with Crippen LogP contribution in [0.3, 0.4) is 0 Å². The number of hydrogen-bond donors (Lipinski definition) is 2. The van der Waals surface area contributed by atoms with Gasteiger partial charge in [0.15, 0.2) is 0 Å². The summed E-state index contributed by atoms with van der Waals surface area (Å²) in [6.45, 7) is 8.87. The van der Waals surface area contributed by atoms with Crippen LogP contribution in [0.1, 0.15) is 37.0 Å². The third kappa shape index (κ3) is 7.18. The molecular weight excluding hydrogens is 455 g/mol. The first kappa shape index (κ1) is 27.0. The van der Waals surface area contributed by atoms with Crippen molar-refractivity contribution in [3.8, 4) is 0 Å². The van der Waals surface area contributed by atoms with Gasteiger partial charge in [-0.1, -0.05) is 66.3 Å². The topological polar surface area (TPSA) is 75.8 Å². The number of aryl methyl sites for hydroxylation is 2. The van der Waals surface area contributed by atoms with Gasteiger partial charge in [-0.2, -0.15) is 0 Å². The fraction of sp³-hybridized carbons (Fsp3) is 0.300. The molecule has 0 aromatic heterocycles. The minimum absolute atomic E-state index is 0.0686. The van der Waals surface area contributed by atoms with Crippen molar-refractivity contribution in [2.24, 2.45) is 0 Å². The molecule has 0 radical (unpaired) electrons. The van der Waals surface area contributed by atoms with E-state index >= 15 is 0 Å².